The lowest BCUT2D eigenvalue weighted by Gasteiger charge is -2.36. The maximum Gasteiger partial charge on any atom is 0.152 e. The van der Waals surface area contributed by atoms with Crippen molar-refractivity contribution in [3.05, 3.63) is 30.1 Å². The monoisotopic (exact) mass is 335 g/mol. The third-order valence-electron chi connectivity index (χ3n) is 4.63. The molecule has 0 saturated heterocycles. The van der Waals surface area contributed by atoms with E-state index in [1.165, 1.54) is 31.4 Å². The number of anilines is 1. The van der Waals surface area contributed by atoms with Crippen LogP contribution in [0.1, 0.15) is 38.3 Å². The van der Waals surface area contributed by atoms with Crippen LogP contribution in [0.5, 0.6) is 0 Å². The summed E-state index contributed by atoms with van der Waals surface area (Å²) in [5, 5.41) is 0.832. The van der Waals surface area contributed by atoms with Gasteiger partial charge < -0.3 is 9.30 Å². The van der Waals surface area contributed by atoms with E-state index in [0.717, 1.165) is 22.7 Å². The first-order valence-electron chi connectivity index (χ1n) is 7.47. The number of imidazole rings is 1. The van der Waals surface area contributed by atoms with E-state index in [0.29, 0.717) is 6.04 Å². The molecule has 1 fully saturated rings. The Kier molecular flexibility index (Phi) is 4.01. The van der Waals surface area contributed by atoms with Crippen molar-refractivity contribution in [2.75, 3.05) is 11.9 Å². The lowest BCUT2D eigenvalue weighted by atomic mass is 9.85. The third-order valence-corrected chi connectivity index (χ3v) is 5.16. The minimum absolute atomic E-state index is 0.617. The quantitative estimate of drug-likeness (QED) is 0.782. The third kappa shape index (κ3) is 2.34. The number of pyridine rings is 1. The zero-order chi connectivity index (χ0) is 14.1. The summed E-state index contributed by atoms with van der Waals surface area (Å²) in [4.78, 5) is 7.26. The number of hydrogen-bond donors (Lipinski definition) is 0. The molecule has 1 aliphatic carbocycles. The second-order valence-corrected chi connectivity index (χ2v) is 6.45. The SMILES string of the molecule is CC1CCCCC1N(C)c1nc2ccccn2c1CBr. The van der Waals surface area contributed by atoms with Crippen LogP contribution in [0.2, 0.25) is 0 Å². The Hall–Kier alpha value is -1.03. The van der Waals surface area contributed by atoms with Gasteiger partial charge in [0.05, 0.1) is 5.69 Å². The Balaban J connectivity index is 2.00. The van der Waals surface area contributed by atoms with Gasteiger partial charge in [-0.15, -0.1) is 0 Å². The molecule has 0 N–H and O–H groups in total. The van der Waals surface area contributed by atoms with Crippen molar-refractivity contribution in [2.45, 2.75) is 44.0 Å². The highest BCUT2D eigenvalue weighted by Gasteiger charge is 2.28. The zero-order valence-corrected chi connectivity index (χ0v) is 13.8. The topological polar surface area (TPSA) is 20.5 Å². The molecule has 2 heterocycles. The molecule has 0 aliphatic heterocycles. The van der Waals surface area contributed by atoms with Crippen molar-refractivity contribution in [2.24, 2.45) is 5.92 Å². The number of alkyl halides is 1. The van der Waals surface area contributed by atoms with E-state index >= 15 is 0 Å². The van der Waals surface area contributed by atoms with E-state index in [1.807, 2.05) is 6.07 Å². The van der Waals surface area contributed by atoms with Gasteiger partial charge in [0.25, 0.3) is 0 Å². The highest BCUT2D eigenvalue weighted by molar-refractivity contribution is 9.08. The number of hydrogen-bond acceptors (Lipinski definition) is 2. The fraction of sp³-hybridized carbons (Fsp3) is 0.562. The molecule has 1 saturated carbocycles. The summed E-state index contributed by atoms with van der Waals surface area (Å²) in [5.41, 5.74) is 2.29. The summed E-state index contributed by atoms with van der Waals surface area (Å²) in [6.07, 6.45) is 7.44. The fourth-order valence-electron chi connectivity index (χ4n) is 3.47. The van der Waals surface area contributed by atoms with E-state index < -0.39 is 0 Å². The van der Waals surface area contributed by atoms with Crippen LogP contribution in [0.25, 0.3) is 5.65 Å². The first-order valence-corrected chi connectivity index (χ1v) is 8.59. The lowest BCUT2D eigenvalue weighted by Crippen LogP contribution is -2.39. The average molecular weight is 336 g/mol. The number of fused-ring (bicyclic) bond motifs is 1. The molecule has 3 rings (SSSR count). The lowest BCUT2D eigenvalue weighted by molar-refractivity contribution is 0.320. The van der Waals surface area contributed by atoms with Gasteiger partial charge in [0, 0.05) is 24.6 Å². The number of rotatable bonds is 3. The summed E-state index contributed by atoms with van der Waals surface area (Å²) in [7, 11) is 2.21. The van der Waals surface area contributed by atoms with Crippen molar-refractivity contribution in [1.82, 2.24) is 9.38 Å². The van der Waals surface area contributed by atoms with Crippen LogP contribution in [0, 0.1) is 5.92 Å². The maximum atomic E-state index is 4.85. The Bertz CT molecular complexity index is 592. The Morgan fingerprint density at radius 3 is 2.90 bits per heavy atom. The molecule has 0 aromatic carbocycles. The van der Waals surface area contributed by atoms with Crippen molar-refractivity contribution in [1.29, 1.82) is 0 Å². The van der Waals surface area contributed by atoms with Gasteiger partial charge in [0.15, 0.2) is 5.82 Å². The van der Waals surface area contributed by atoms with E-state index in [4.69, 9.17) is 4.98 Å². The summed E-state index contributed by atoms with van der Waals surface area (Å²) in [5.74, 6) is 1.88. The van der Waals surface area contributed by atoms with Gasteiger partial charge in [-0.05, 0) is 30.9 Å². The molecule has 2 aromatic rings. The molecule has 3 nitrogen and oxygen atoms in total. The maximum absolute atomic E-state index is 4.85. The molecular formula is C16H22BrN3. The van der Waals surface area contributed by atoms with Crippen molar-refractivity contribution in [3.63, 3.8) is 0 Å². The van der Waals surface area contributed by atoms with E-state index in [1.54, 1.807) is 0 Å². The molecule has 0 radical (unpaired) electrons. The van der Waals surface area contributed by atoms with Crippen molar-refractivity contribution >= 4 is 27.4 Å². The van der Waals surface area contributed by atoms with Crippen LogP contribution in [0.3, 0.4) is 0 Å². The van der Waals surface area contributed by atoms with Gasteiger partial charge in [-0.2, -0.15) is 0 Å². The number of nitrogens with zero attached hydrogens (tertiary/aromatic N) is 3. The predicted octanol–water partition coefficient (Wildman–Crippen LogP) is 4.24. The number of aromatic nitrogens is 2. The molecule has 0 bridgehead atoms. The summed E-state index contributed by atoms with van der Waals surface area (Å²) in [6.45, 7) is 2.38. The second-order valence-electron chi connectivity index (χ2n) is 5.88. The standard InChI is InChI=1S/C16H22BrN3/c1-12-7-3-4-8-13(12)19(2)16-14(11-17)20-10-6-5-9-15(20)18-16/h5-6,9-10,12-13H,3-4,7-8,11H2,1-2H3. The molecule has 1 aliphatic rings. The normalized spacial score (nSPS) is 23.1. The van der Waals surface area contributed by atoms with Gasteiger partial charge >= 0.3 is 0 Å². The molecular weight excluding hydrogens is 314 g/mol. The zero-order valence-electron chi connectivity index (χ0n) is 12.2. The van der Waals surface area contributed by atoms with Gasteiger partial charge in [-0.3, -0.25) is 0 Å². The average Bonchev–Trinajstić information content (AvgIpc) is 2.85. The molecule has 2 atom stereocenters. The Labute approximate surface area is 129 Å². The van der Waals surface area contributed by atoms with E-state index in [-0.39, 0.29) is 0 Å². The number of halogens is 1. The molecule has 0 spiro atoms. The Morgan fingerprint density at radius 2 is 2.15 bits per heavy atom. The van der Waals surface area contributed by atoms with Gasteiger partial charge in [-0.1, -0.05) is 41.8 Å². The minimum Gasteiger partial charge on any atom is -0.355 e. The van der Waals surface area contributed by atoms with Crippen molar-refractivity contribution < 1.29 is 0 Å². The van der Waals surface area contributed by atoms with Crippen molar-refractivity contribution in [3.8, 4) is 0 Å². The van der Waals surface area contributed by atoms with Crippen LogP contribution in [-0.2, 0) is 5.33 Å². The summed E-state index contributed by atoms with van der Waals surface area (Å²) < 4.78 is 2.19. The Morgan fingerprint density at radius 1 is 1.35 bits per heavy atom. The first kappa shape index (κ1) is 13.9. The van der Waals surface area contributed by atoms with Gasteiger partial charge in [0.2, 0.25) is 0 Å². The molecule has 108 valence electrons. The highest BCUT2D eigenvalue weighted by atomic mass is 79.9. The largest absolute Gasteiger partial charge is 0.355 e. The molecule has 20 heavy (non-hydrogen) atoms. The first-order chi connectivity index (χ1) is 9.72. The molecule has 0 amide bonds. The smallest absolute Gasteiger partial charge is 0.152 e. The predicted molar refractivity (Wildman–Crippen MR) is 87.6 cm³/mol. The van der Waals surface area contributed by atoms with Crippen LogP contribution in [0.4, 0.5) is 5.82 Å². The van der Waals surface area contributed by atoms with E-state index in [9.17, 15) is 0 Å². The molecule has 2 unspecified atom stereocenters. The minimum atomic E-state index is 0.617. The fourth-order valence-corrected chi connectivity index (χ4v) is 3.99. The summed E-state index contributed by atoms with van der Waals surface area (Å²) >= 11 is 3.63. The van der Waals surface area contributed by atoms with Crippen LogP contribution in [-0.4, -0.2) is 22.5 Å². The molecule has 2 aromatic heterocycles. The van der Waals surface area contributed by atoms with Crippen LogP contribution in [0.15, 0.2) is 24.4 Å². The van der Waals surface area contributed by atoms with Crippen LogP contribution < -0.4 is 4.90 Å². The molecule has 4 heteroatoms. The second kappa shape index (κ2) is 5.76. The summed E-state index contributed by atoms with van der Waals surface area (Å²) in [6, 6.07) is 6.81. The van der Waals surface area contributed by atoms with Gasteiger partial charge in [0.1, 0.15) is 5.65 Å². The highest BCUT2D eigenvalue weighted by Crippen LogP contribution is 2.32. The van der Waals surface area contributed by atoms with E-state index in [2.05, 4.69) is 57.5 Å². The van der Waals surface area contributed by atoms with Gasteiger partial charge in [-0.25, -0.2) is 4.98 Å². The van der Waals surface area contributed by atoms with Crippen LogP contribution >= 0.6 is 15.9 Å².